The van der Waals surface area contributed by atoms with Crippen molar-refractivity contribution in [2.45, 2.75) is 44.6 Å². The van der Waals surface area contributed by atoms with Crippen molar-refractivity contribution in [2.75, 3.05) is 33.3 Å². The molecule has 0 aromatic carbocycles. The lowest BCUT2D eigenvalue weighted by molar-refractivity contribution is -0.150. The number of fused-ring (bicyclic) bond motifs is 1. The zero-order chi connectivity index (χ0) is 14.2. The second-order valence-electron chi connectivity index (χ2n) is 6.91. The maximum absolute atomic E-state index is 12.4. The van der Waals surface area contributed by atoms with Gasteiger partial charge in [-0.15, -0.1) is 0 Å². The van der Waals surface area contributed by atoms with Crippen LogP contribution in [0.5, 0.6) is 0 Å². The average molecular weight is 280 g/mol. The van der Waals surface area contributed by atoms with Crippen molar-refractivity contribution in [1.29, 1.82) is 0 Å². The van der Waals surface area contributed by atoms with Crippen LogP contribution in [0, 0.1) is 17.8 Å². The number of carbonyl (C=O) groups excluding carboxylic acids is 1. The first-order valence-corrected chi connectivity index (χ1v) is 8.25. The summed E-state index contributed by atoms with van der Waals surface area (Å²) in [6.07, 6.45) is 6.49. The second-order valence-corrected chi connectivity index (χ2v) is 6.91. The van der Waals surface area contributed by atoms with Crippen molar-refractivity contribution in [3.63, 3.8) is 0 Å². The van der Waals surface area contributed by atoms with Gasteiger partial charge in [-0.1, -0.05) is 13.3 Å². The standard InChI is InChI=1S/C16H28N2O2/c1-3-17-16(14-7-8-14,15(19)20-2)11-18-9-12-5-4-6-13(12)10-18/h12-14,17H,3-11H2,1-2H3. The molecule has 20 heavy (non-hydrogen) atoms. The number of hydrogen-bond donors (Lipinski definition) is 1. The van der Waals surface area contributed by atoms with Crippen molar-refractivity contribution in [2.24, 2.45) is 17.8 Å². The zero-order valence-electron chi connectivity index (χ0n) is 12.9. The predicted molar refractivity (Wildman–Crippen MR) is 78.4 cm³/mol. The highest BCUT2D eigenvalue weighted by Crippen LogP contribution is 2.43. The summed E-state index contributed by atoms with van der Waals surface area (Å²) in [4.78, 5) is 14.9. The Labute approximate surface area is 122 Å². The van der Waals surface area contributed by atoms with E-state index in [1.54, 1.807) is 0 Å². The van der Waals surface area contributed by atoms with Crippen LogP contribution in [-0.2, 0) is 9.53 Å². The Bertz CT molecular complexity index is 357. The largest absolute Gasteiger partial charge is 0.468 e. The maximum atomic E-state index is 12.4. The molecular formula is C16H28N2O2. The molecule has 1 saturated heterocycles. The summed E-state index contributed by atoms with van der Waals surface area (Å²) < 4.78 is 5.15. The minimum Gasteiger partial charge on any atom is -0.468 e. The van der Waals surface area contributed by atoms with Gasteiger partial charge in [-0.3, -0.25) is 0 Å². The molecule has 0 amide bonds. The molecule has 4 heteroatoms. The van der Waals surface area contributed by atoms with Crippen LogP contribution in [0.3, 0.4) is 0 Å². The predicted octanol–water partition coefficient (Wildman–Crippen LogP) is 1.65. The van der Waals surface area contributed by atoms with Gasteiger partial charge in [-0.05, 0) is 50.0 Å². The van der Waals surface area contributed by atoms with Gasteiger partial charge in [0.25, 0.3) is 0 Å². The lowest BCUT2D eigenvalue weighted by atomic mass is 9.92. The molecule has 0 radical (unpaired) electrons. The third kappa shape index (κ3) is 2.48. The molecule has 3 aliphatic rings. The summed E-state index contributed by atoms with van der Waals surface area (Å²) in [5, 5.41) is 3.49. The third-order valence-corrected chi connectivity index (χ3v) is 5.59. The van der Waals surface area contributed by atoms with E-state index in [0.717, 1.165) is 37.8 Å². The van der Waals surface area contributed by atoms with Crippen LogP contribution in [0.2, 0.25) is 0 Å². The van der Waals surface area contributed by atoms with Crippen LogP contribution in [0.4, 0.5) is 0 Å². The van der Waals surface area contributed by atoms with Crippen LogP contribution in [0.15, 0.2) is 0 Å². The third-order valence-electron chi connectivity index (χ3n) is 5.59. The fourth-order valence-corrected chi connectivity index (χ4v) is 4.52. The highest BCUT2D eigenvalue weighted by atomic mass is 16.5. The molecule has 0 aromatic rings. The van der Waals surface area contributed by atoms with Gasteiger partial charge in [0.05, 0.1) is 7.11 Å². The van der Waals surface area contributed by atoms with Crippen molar-refractivity contribution >= 4 is 5.97 Å². The lowest BCUT2D eigenvalue weighted by Crippen LogP contribution is -2.61. The molecule has 0 bridgehead atoms. The molecular weight excluding hydrogens is 252 g/mol. The fourth-order valence-electron chi connectivity index (χ4n) is 4.52. The first kappa shape index (κ1) is 14.3. The van der Waals surface area contributed by atoms with E-state index in [9.17, 15) is 4.79 Å². The Balaban J connectivity index is 1.71. The molecule has 0 aromatic heterocycles. The van der Waals surface area contributed by atoms with Gasteiger partial charge in [0.2, 0.25) is 0 Å². The quantitative estimate of drug-likeness (QED) is 0.751. The number of methoxy groups -OCH3 is 1. The Kier molecular flexibility index (Phi) is 4.04. The van der Waals surface area contributed by atoms with E-state index in [1.165, 1.54) is 39.5 Å². The molecule has 1 N–H and O–H groups in total. The summed E-state index contributed by atoms with van der Waals surface area (Å²) in [7, 11) is 1.52. The first-order chi connectivity index (χ1) is 9.69. The van der Waals surface area contributed by atoms with Gasteiger partial charge in [0.1, 0.15) is 5.54 Å². The summed E-state index contributed by atoms with van der Waals surface area (Å²) in [5.74, 6) is 2.17. The van der Waals surface area contributed by atoms with E-state index in [1.807, 2.05) is 0 Å². The van der Waals surface area contributed by atoms with Gasteiger partial charge in [-0.2, -0.15) is 0 Å². The molecule has 3 atom stereocenters. The van der Waals surface area contributed by atoms with Gasteiger partial charge >= 0.3 is 5.97 Å². The van der Waals surface area contributed by atoms with Crippen LogP contribution >= 0.6 is 0 Å². The number of esters is 1. The Morgan fingerprint density at radius 3 is 2.40 bits per heavy atom. The molecule has 3 fully saturated rings. The van der Waals surface area contributed by atoms with Crippen LogP contribution < -0.4 is 5.32 Å². The van der Waals surface area contributed by atoms with Crippen molar-refractivity contribution in [3.8, 4) is 0 Å². The second kappa shape index (κ2) is 5.64. The lowest BCUT2D eigenvalue weighted by Gasteiger charge is -2.36. The van der Waals surface area contributed by atoms with Gasteiger partial charge in [0.15, 0.2) is 0 Å². The number of rotatable bonds is 6. The summed E-state index contributed by atoms with van der Waals surface area (Å²) >= 11 is 0. The Morgan fingerprint density at radius 1 is 1.25 bits per heavy atom. The Morgan fingerprint density at radius 2 is 1.90 bits per heavy atom. The smallest absolute Gasteiger partial charge is 0.327 e. The minimum absolute atomic E-state index is 0.0566. The molecule has 114 valence electrons. The number of carbonyl (C=O) groups is 1. The molecule has 4 nitrogen and oxygen atoms in total. The van der Waals surface area contributed by atoms with E-state index in [0.29, 0.717) is 5.92 Å². The molecule has 3 rings (SSSR count). The SMILES string of the molecule is CCNC(CN1CC2CCCC2C1)(C(=O)OC)C1CC1. The monoisotopic (exact) mass is 280 g/mol. The van der Waals surface area contributed by atoms with Gasteiger partial charge < -0.3 is 15.0 Å². The average Bonchev–Trinajstić information content (AvgIpc) is 3.10. The summed E-state index contributed by atoms with van der Waals surface area (Å²) in [6, 6.07) is 0. The minimum atomic E-state index is -0.456. The number of nitrogens with zero attached hydrogens (tertiary/aromatic N) is 1. The maximum Gasteiger partial charge on any atom is 0.327 e. The highest BCUT2D eigenvalue weighted by Gasteiger charge is 2.53. The van der Waals surface area contributed by atoms with Gasteiger partial charge in [0, 0.05) is 19.6 Å². The van der Waals surface area contributed by atoms with Crippen molar-refractivity contribution in [1.82, 2.24) is 10.2 Å². The molecule has 3 unspecified atom stereocenters. The topological polar surface area (TPSA) is 41.6 Å². The fraction of sp³-hybridized carbons (Fsp3) is 0.938. The molecule has 1 heterocycles. The number of likely N-dealkylation sites (N-methyl/N-ethyl adjacent to an activating group) is 1. The number of hydrogen-bond acceptors (Lipinski definition) is 4. The molecule has 0 spiro atoms. The highest BCUT2D eigenvalue weighted by molar-refractivity contribution is 5.82. The molecule has 2 aliphatic carbocycles. The zero-order valence-corrected chi connectivity index (χ0v) is 12.9. The normalized spacial score (nSPS) is 32.9. The van der Waals surface area contributed by atoms with E-state index < -0.39 is 5.54 Å². The first-order valence-electron chi connectivity index (χ1n) is 8.25. The summed E-state index contributed by atoms with van der Waals surface area (Å²) in [5.41, 5.74) is -0.456. The van der Waals surface area contributed by atoms with E-state index >= 15 is 0 Å². The van der Waals surface area contributed by atoms with Crippen LogP contribution in [-0.4, -0.2) is 49.7 Å². The van der Waals surface area contributed by atoms with Crippen LogP contribution in [0.25, 0.3) is 0 Å². The number of likely N-dealkylation sites (tertiary alicyclic amines) is 1. The van der Waals surface area contributed by atoms with E-state index in [4.69, 9.17) is 4.74 Å². The number of nitrogens with one attached hydrogen (secondary N) is 1. The van der Waals surface area contributed by atoms with E-state index in [-0.39, 0.29) is 5.97 Å². The van der Waals surface area contributed by atoms with E-state index in [2.05, 4.69) is 17.1 Å². The molecule has 1 aliphatic heterocycles. The summed E-state index contributed by atoms with van der Waals surface area (Å²) in [6.45, 7) is 6.11. The van der Waals surface area contributed by atoms with Gasteiger partial charge in [-0.25, -0.2) is 4.79 Å². The van der Waals surface area contributed by atoms with Crippen molar-refractivity contribution < 1.29 is 9.53 Å². The number of ether oxygens (including phenoxy) is 1. The van der Waals surface area contributed by atoms with Crippen LogP contribution in [0.1, 0.15) is 39.0 Å². The molecule has 2 saturated carbocycles. The Hall–Kier alpha value is -0.610. The van der Waals surface area contributed by atoms with Crippen molar-refractivity contribution in [3.05, 3.63) is 0 Å².